The normalized spacial score (nSPS) is 24.8. The maximum absolute atomic E-state index is 13.0. The van der Waals surface area contributed by atoms with E-state index in [1.807, 2.05) is 35.2 Å². The van der Waals surface area contributed by atoms with Crippen LogP contribution in [0.5, 0.6) is 0 Å². The van der Waals surface area contributed by atoms with E-state index in [1.54, 1.807) is 24.3 Å². The average molecular weight is 448 g/mol. The van der Waals surface area contributed by atoms with Gasteiger partial charge in [0.1, 0.15) is 0 Å². The van der Waals surface area contributed by atoms with Crippen LogP contribution in [0.15, 0.2) is 64.0 Å². The largest absolute Gasteiger partial charge is 0.336 e. The number of carbonyl (C=O) groups is 1. The van der Waals surface area contributed by atoms with Crippen molar-refractivity contribution in [3.8, 4) is 0 Å². The molecule has 1 amide bonds. The Hall–Kier alpha value is -1.66. The van der Waals surface area contributed by atoms with Crippen LogP contribution < -0.4 is 0 Å². The second-order valence-corrected chi connectivity index (χ2v) is 10.6. The van der Waals surface area contributed by atoms with Crippen molar-refractivity contribution in [1.29, 1.82) is 0 Å². The molecule has 6 heteroatoms. The maximum atomic E-state index is 13.0. The molecule has 0 radical (unpaired) electrons. The zero-order chi connectivity index (χ0) is 19.0. The van der Waals surface area contributed by atoms with Crippen LogP contribution in [-0.4, -0.2) is 36.6 Å². The van der Waals surface area contributed by atoms with E-state index in [0.29, 0.717) is 24.2 Å². The Labute approximate surface area is 168 Å². The number of piperidine rings is 1. The molecular formula is C21H22BrNO3S. The van der Waals surface area contributed by atoms with E-state index in [-0.39, 0.29) is 18.0 Å². The minimum Gasteiger partial charge on any atom is -0.336 e. The number of sulfone groups is 1. The fourth-order valence-corrected chi connectivity index (χ4v) is 6.60. The van der Waals surface area contributed by atoms with Crippen molar-refractivity contribution < 1.29 is 13.2 Å². The van der Waals surface area contributed by atoms with Crippen molar-refractivity contribution in [2.45, 2.75) is 54.3 Å². The summed E-state index contributed by atoms with van der Waals surface area (Å²) in [4.78, 5) is 15.3. The lowest BCUT2D eigenvalue weighted by Crippen LogP contribution is -2.50. The summed E-state index contributed by atoms with van der Waals surface area (Å²) in [5.41, 5.74) is 0.988. The van der Waals surface area contributed by atoms with Crippen LogP contribution in [0, 0.1) is 0 Å². The molecule has 2 fully saturated rings. The molecule has 2 bridgehead atoms. The summed E-state index contributed by atoms with van der Waals surface area (Å²) in [5.74, 6) is 0.111. The van der Waals surface area contributed by atoms with Crippen LogP contribution in [0.25, 0.3) is 0 Å². The molecule has 0 unspecified atom stereocenters. The molecule has 2 aliphatic rings. The number of fused-ring (bicyclic) bond motifs is 2. The van der Waals surface area contributed by atoms with Crippen LogP contribution in [0.1, 0.15) is 31.2 Å². The van der Waals surface area contributed by atoms with Gasteiger partial charge in [0.15, 0.2) is 9.84 Å². The minimum atomic E-state index is -3.34. The number of carbonyl (C=O) groups excluding carboxylic acids is 1. The van der Waals surface area contributed by atoms with E-state index in [1.165, 1.54) is 0 Å². The Morgan fingerprint density at radius 3 is 2.15 bits per heavy atom. The van der Waals surface area contributed by atoms with Gasteiger partial charge in [0.25, 0.3) is 0 Å². The molecule has 2 saturated heterocycles. The van der Waals surface area contributed by atoms with Crippen LogP contribution >= 0.6 is 15.9 Å². The molecule has 0 spiro atoms. The third-order valence-corrected chi connectivity index (χ3v) is 8.48. The van der Waals surface area contributed by atoms with Crippen LogP contribution in [0.2, 0.25) is 0 Å². The number of rotatable bonds is 4. The molecule has 0 saturated carbocycles. The van der Waals surface area contributed by atoms with Gasteiger partial charge in [-0.25, -0.2) is 8.42 Å². The lowest BCUT2D eigenvalue weighted by molar-refractivity contribution is -0.134. The third-order valence-electron chi connectivity index (χ3n) is 5.76. The average Bonchev–Trinajstić information content (AvgIpc) is 2.94. The van der Waals surface area contributed by atoms with Crippen molar-refractivity contribution in [3.05, 3.63) is 64.6 Å². The van der Waals surface area contributed by atoms with Gasteiger partial charge in [0.2, 0.25) is 5.91 Å². The second-order valence-electron chi connectivity index (χ2n) is 7.44. The van der Waals surface area contributed by atoms with Gasteiger partial charge in [-0.3, -0.25) is 4.79 Å². The molecule has 0 aliphatic carbocycles. The molecule has 2 atom stereocenters. The molecule has 4 rings (SSSR count). The number of halogens is 1. The number of hydrogen-bond donors (Lipinski definition) is 0. The van der Waals surface area contributed by atoms with E-state index in [4.69, 9.17) is 0 Å². The fourth-order valence-electron chi connectivity index (χ4n) is 4.46. The molecule has 2 aromatic carbocycles. The number of nitrogens with zero attached hydrogens (tertiary/aromatic N) is 1. The predicted octanol–water partition coefficient (Wildman–Crippen LogP) is 3.99. The maximum Gasteiger partial charge on any atom is 0.227 e. The second kappa shape index (κ2) is 7.40. The summed E-state index contributed by atoms with van der Waals surface area (Å²) in [6.07, 6.45) is 3.26. The van der Waals surface area contributed by atoms with Crippen LogP contribution in [0.4, 0.5) is 0 Å². The Morgan fingerprint density at radius 2 is 1.56 bits per heavy atom. The van der Waals surface area contributed by atoms with Gasteiger partial charge < -0.3 is 4.90 Å². The summed E-state index contributed by atoms with van der Waals surface area (Å²) >= 11 is 3.41. The molecule has 2 aromatic rings. The van der Waals surface area contributed by atoms with Crippen molar-refractivity contribution >= 4 is 31.7 Å². The SMILES string of the molecule is O=C(Cc1ccc(Br)cc1)N1[C@H]2CC[C@H]1CC(S(=O)(=O)c1ccccc1)C2. The standard InChI is InChI=1S/C21H22BrNO3S/c22-16-8-6-15(7-9-16)12-21(24)23-17-10-11-18(23)14-20(13-17)27(25,26)19-4-2-1-3-5-19/h1-9,17-18,20H,10-14H2/t17-,18-/m0/s1. The van der Waals surface area contributed by atoms with Gasteiger partial charge in [-0.15, -0.1) is 0 Å². The first-order chi connectivity index (χ1) is 12.9. The Balaban J connectivity index is 1.49. The lowest BCUT2D eigenvalue weighted by atomic mass is 10.0. The number of benzene rings is 2. The molecule has 2 heterocycles. The van der Waals surface area contributed by atoms with Crippen LogP contribution in [-0.2, 0) is 21.1 Å². The molecule has 4 nitrogen and oxygen atoms in total. The predicted molar refractivity (Wildman–Crippen MR) is 108 cm³/mol. The molecule has 0 N–H and O–H groups in total. The monoisotopic (exact) mass is 447 g/mol. The van der Waals surface area contributed by atoms with Gasteiger partial charge in [-0.05, 0) is 55.5 Å². The molecule has 0 aromatic heterocycles. The number of amides is 1. The smallest absolute Gasteiger partial charge is 0.227 e. The first kappa shape index (κ1) is 18.7. The highest BCUT2D eigenvalue weighted by atomic mass is 79.9. The molecule has 2 aliphatic heterocycles. The number of hydrogen-bond acceptors (Lipinski definition) is 3. The van der Waals surface area contributed by atoms with Gasteiger partial charge >= 0.3 is 0 Å². The summed E-state index contributed by atoms with van der Waals surface area (Å²) < 4.78 is 27.0. The summed E-state index contributed by atoms with van der Waals surface area (Å²) in [5, 5.41) is -0.394. The Bertz CT molecular complexity index is 914. The van der Waals surface area contributed by atoms with Gasteiger partial charge in [0, 0.05) is 16.6 Å². The van der Waals surface area contributed by atoms with Crippen molar-refractivity contribution in [2.75, 3.05) is 0 Å². The van der Waals surface area contributed by atoms with E-state index in [0.717, 1.165) is 22.9 Å². The van der Waals surface area contributed by atoms with Gasteiger partial charge in [0.05, 0.1) is 16.6 Å². The zero-order valence-corrected chi connectivity index (χ0v) is 17.3. The van der Waals surface area contributed by atoms with Crippen LogP contribution in [0.3, 0.4) is 0 Å². The van der Waals surface area contributed by atoms with Crippen molar-refractivity contribution in [1.82, 2.24) is 4.90 Å². The van der Waals surface area contributed by atoms with E-state index in [2.05, 4.69) is 15.9 Å². The van der Waals surface area contributed by atoms with Gasteiger partial charge in [-0.2, -0.15) is 0 Å². The summed E-state index contributed by atoms with van der Waals surface area (Å²) in [6, 6.07) is 16.6. The van der Waals surface area contributed by atoms with E-state index >= 15 is 0 Å². The summed E-state index contributed by atoms with van der Waals surface area (Å²) in [7, 11) is -3.34. The Morgan fingerprint density at radius 1 is 0.963 bits per heavy atom. The highest BCUT2D eigenvalue weighted by Gasteiger charge is 2.46. The Kier molecular flexibility index (Phi) is 5.12. The lowest BCUT2D eigenvalue weighted by Gasteiger charge is -2.38. The quantitative estimate of drug-likeness (QED) is 0.711. The van der Waals surface area contributed by atoms with Gasteiger partial charge in [-0.1, -0.05) is 46.3 Å². The molecule has 142 valence electrons. The molecular weight excluding hydrogens is 426 g/mol. The highest BCUT2D eigenvalue weighted by Crippen LogP contribution is 2.40. The first-order valence-corrected chi connectivity index (χ1v) is 11.6. The molecule has 27 heavy (non-hydrogen) atoms. The zero-order valence-electron chi connectivity index (χ0n) is 14.9. The van der Waals surface area contributed by atoms with Crippen molar-refractivity contribution in [3.63, 3.8) is 0 Å². The summed E-state index contributed by atoms with van der Waals surface area (Å²) in [6.45, 7) is 0. The first-order valence-electron chi connectivity index (χ1n) is 9.29. The van der Waals surface area contributed by atoms with E-state index in [9.17, 15) is 13.2 Å². The minimum absolute atomic E-state index is 0.0372. The van der Waals surface area contributed by atoms with E-state index < -0.39 is 15.1 Å². The topological polar surface area (TPSA) is 54.5 Å². The fraction of sp³-hybridized carbons (Fsp3) is 0.381. The third kappa shape index (κ3) is 3.69. The highest BCUT2D eigenvalue weighted by molar-refractivity contribution is 9.10. The van der Waals surface area contributed by atoms with Crippen molar-refractivity contribution in [2.24, 2.45) is 0 Å².